The van der Waals surface area contributed by atoms with Gasteiger partial charge in [0.1, 0.15) is 25.4 Å². The number of nitrogens with zero attached hydrogens (tertiary/aromatic N) is 7. The van der Waals surface area contributed by atoms with Crippen LogP contribution in [0.25, 0.3) is 29.0 Å². The fourth-order valence-corrected chi connectivity index (χ4v) is 23.8. The third-order valence-electron chi connectivity index (χ3n) is 31.6. The first-order chi connectivity index (χ1) is 65.4. The van der Waals surface area contributed by atoms with Gasteiger partial charge in [-0.05, 0) is 237 Å². The number of phenols is 1. The van der Waals surface area contributed by atoms with Crippen molar-refractivity contribution in [1.82, 2.24) is 0 Å². The Morgan fingerprint density at radius 3 is 1.24 bits per heavy atom. The second kappa shape index (κ2) is 67.5. The van der Waals surface area contributed by atoms with E-state index in [9.17, 15) is 5.11 Å². The number of anilines is 4. The third-order valence-corrected chi connectivity index (χ3v) is 32.0. The van der Waals surface area contributed by atoms with Crippen LogP contribution in [0.15, 0.2) is 213 Å². The zero-order valence-electron chi connectivity index (χ0n) is 92.8. The summed E-state index contributed by atoms with van der Waals surface area (Å²) in [5.41, 5.74) is 21.7. The molecule has 8 nitrogen and oxygen atoms in total. The van der Waals surface area contributed by atoms with Gasteiger partial charge >= 0.3 is 51.2 Å². The summed E-state index contributed by atoms with van der Waals surface area (Å²) in [6.07, 6.45) is 74.9. The summed E-state index contributed by atoms with van der Waals surface area (Å²) in [6.45, 7) is 36.0. The Bertz CT molecular complexity index is 5110. The minimum Gasteiger partial charge on any atom is -0.508 e. The fraction of sp³-hybridized carbons (Fsp3) is 0.504. The van der Waals surface area contributed by atoms with Gasteiger partial charge in [0.05, 0.1) is 16.2 Å². The summed E-state index contributed by atoms with van der Waals surface area (Å²) < 4.78 is 7.81. The quantitative estimate of drug-likeness (QED) is 0.0138. The molecule has 1 N–H and O–H groups in total. The van der Waals surface area contributed by atoms with Crippen LogP contribution in [-0.2, 0) is 73.9 Å². The van der Waals surface area contributed by atoms with Gasteiger partial charge in [-0.2, -0.15) is 13.7 Å². The van der Waals surface area contributed by atoms with Crippen molar-refractivity contribution in [1.29, 1.82) is 0 Å². The van der Waals surface area contributed by atoms with Gasteiger partial charge in [-0.15, -0.1) is 6.58 Å². The van der Waals surface area contributed by atoms with Crippen LogP contribution in [0.3, 0.4) is 0 Å². The van der Waals surface area contributed by atoms with Crippen LogP contribution in [0.4, 0.5) is 39.8 Å². The van der Waals surface area contributed by atoms with Crippen LogP contribution >= 0.6 is 11.6 Å². The summed E-state index contributed by atoms with van der Waals surface area (Å²) >= 11 is 6.86. The SMILES string of the molecule is C/C=C/CC1(C)C(/C=C/c2ccc(N(CC)CC)cc2)=[N+](CCCCCCC2CCCC2)c2ccc(N(C)C)cc21.C1CCCC1.C1CCCC1.C1CCCC1.C=CCC1(C)C(/C=C/c2ccc(N(CC)CC)cc2Cl)=[N+](CCCCC2CCCC2)c2ccc3ccccc3c21.CCN(CC)c1ccc(/C=C/C2=[N+](CCC3CCCC3)c3ccc(O)cc3C2(C)Cc2ccccc2)cc1.[CH3-].[CH3-].[CH3-].[CH3-].[CH3-].[CH3-].[Fe+2].[Fe+2].[Fe+2]. The molecule has 3 unspecified atom stereocenters. The maximum Gasteiger partial charge on any atom is 2.00 e. The van der Waals surface area contributed by atoms with E-state index in [-0.39, 0.29) is 112 Å². The van der Waals surface area contributed by atoms with Crippen molar-refractivity contribution >= 4 is 97.5 Å². The van der Waals surface area contributed by atoms with Crippen molar-refractivity contribution in [3.8, 4) is 5.75 Å². The van der Waals surface area contributed by atoms with E-state index in [1.54, 1.807) is 0 Å². The van der Waals surface area contributed by atoms with Crippen LogP contribution in [0, 0.1) is 62.3 Å². The zero-order chi connectivity index (χ0) is 94.5. The summed E-state index contributed by atoms with van der Waals surface area (Å²) in [7, 11) is 4.30. The molecular weight excluding hydrogens is 1890 g/mol. The van der Waals surface area contributed by atoms with Gasteiger partial charge in [-0.3, -0.25) is 0 Å². The minimum absolute atomic E-state index is 0. The molecule has 0 spiro atoms. The molecule has 8 aromatic rings. The van der Waals surface area contributed by atoms with E-state index in [4.69, 9.17) is 11.6 Å². The van der Waals surface area contributed by atoms with Crippen molar-refractivity contribution in [2.24, 2.45) is 17.8 Å². The van der Waals surface area contributed by atoms with Crippen LogP contribution in [0.5, 0.6) is 5.75 Å². The van der Waals surface area contributed by atoms with E-state index in [0.717, 1.165) is 107 Å². The van der Waals surface area contributed by atoms with Gasteiger partial charge in [-0.1, -0.05) is 314 Å². The molecule has 12 heteroatoms. The van der Waals surface area contributed by atoms with E-state index in [1.807, 2.05) is 12.1 Å². The van der Waals surface area contributed by atoms with Crippen LogP contribution in [0.1, 0.15) is 352 Å². The van der Waals surface area contributed by atoms with E-state index in [0.29, 0.717) is 5.75 Å². The van der Waals surface area contributed by atoms with E-state index in [1.165, 1.54) is 332 Å². The Morgan fingerprint density at radius 2 is 0.769 bits per heavy atom. The predicted molar refractivity (Wildman–Crippen MR) is 626 cm³/mol. The molecule has 786 valence electrons. The minimum atomic E-state index is -0.233. The fourth-order valence-electron chi connectivity index (χ4n) is 23.6. The Kier molecular flexibility index (Phi) is 61.3. The van der Waals surface area contributed by atoms with Crippen molar-refractivity contribution < 1.29 is 70.0 Å². The first-order valence-electron chi connectivity index (χ1n) is 54.1. The van der Waals surface area contributed by atoms with E-state index >= 15 is 0 Å². The van der Waals surface area contributed by atoms with Gasteiger partial charge in [-0.25, -0.2) is 0 Å². The number of aromatic hydroxyl groups is 1. The number of hydrogen-bond donors (Lipinski definition) is 1. The third kappa shape index (κ3) is 35.7. The monoisotopic (exact) mass is 2080 g/mol. The molecule has 0 amide bonds. The van der Waals surface area contributed by atoms with Crippen molar-refractivity contribution in [2.45, 2.75) is 336 Å². The maximum absolute atomic E-state index is 10.5. The second-order valence-electron chi connectivity index (χ2n) is 41.2. The van der Waals surface area contributed by atoms with E-state index < -0.39 is 0 Å². The summed E-state index contributed by atoms with van der Waals surface area (Å²) in [4.78, 5) is 9.35. The normalized spacial score (nSPS) is 18.6. The average molecular weight is 2090 g/mol. The Hall–Kier alpha value is -7.42. The molecule has 6 saturated carbocycles. The van der Waals surface area contributed by atoms with Crippen LogP contribution in [-0.4, -0.2) is 109 Å². The Labute approximate surface area is 913 Å². The van der Waals surface area contributed by atoms with Crippen molar-refractivity contribution in [3.63, 3.8) is 0 Å². The molecule has 0 radical (unpaired) electrons. The molecule has 0 saturated heterocycles. The second-order valence-corrected chi connectivity index (χ2v) is 41.6. The Balaban J connectivity index is 0.000000496. The number of allylic oxidation sites excluding steroid dienone is 6. The van der Waals surface area contributed by atoms with Crippen LogP contribution in [0.2, 0.25) is 5.02 Å². The van der Waals surface area contributed by atoms with Gasteiger partial charge in [0.25, 0.3) is 0 Å². The summed E-state index contributed by atoms with van der Waals surface area (Å²) in [5, 5.41) is 14.0. The number of benzene rings is 8. The number of unbranched alkanes of at least 4 members (excludes halogenated alkanes) is 4. The van der Waals surface area contributed by atoms with Gasteiger partial charge in [0, 0.05) is 154 Å². The van der Waals surface area contributed by atoms with Gasteiger partial charge < -0.3 is 69.3 Å². The molecule has 8 aromatic carbocycles. The molecular formula is C131H193ClFe3N7O+3. The molecule has 6 aliphatic carbocycles. The van der Waals surface area contributed by atoms with Crippen molar-refractivity contribution in [3.05, 3.63) is 301 Å². The topological polar surface area (TPSA) is 42.2 Å². The first kappa shape index (κ1) is 130. The molecule has 3 atom stereocenters. The number of halogens is 1. The molecule has 0 bridgehead atoms. The standard InChI is InChI=1S/C38H56N3.C37H46ClN2.C35H42N2O.3C5H10.6CH3.3Fe/c1-7-10-28-38(4)35-30-34(39(5)6)25-26-36(35)41(29-16-12-11-13-17-31-18-14-15-19-31)37(38)27-22-32-20-23-33(24-21-32)40(8-2)9-3;1-5-25-37(4)35(24-21-30-19-22-31(27-33(30)38)39(6-2)7-3)40(26-13-12-16-28-14-8-9-15-28)34-23-20-29-17-10-11-18-32(29)36(34)37;1-4-36(5-2)30-18-15-28(16-19-30)17-22-34-35(3,26-29-13-7-6-8-14-29)32-25-31(38)20-21-33(32)37(34)24-23-27-11-9-10-12-27;3*1-2-4-5-3-1;;;;;;;;;/h7,10,20-27,30-31H,8-9,11-19,28-29H2,1-6H3;5,10-11,17-24,27-28H,1,6-9,12-16,25-26H2,2-4H3;6-8,13-22,25,27H,4-5,9-12,23-24,26H2,1-3H3;3*1-5H2;6*1H3;;;/q2*+1;;;;;6*-1;3*+2/p+1/b10-7+;;;;;;;;;;;;;;. The van der Waals surface area contributed by atoms with Gasteiger partial charge in [0.2, 0.25) is 17.1 Å². The number of phenolic OH excluding ortho intramolecular Hbond substituents is 1. The summed E-state index contributed by atoms with van der Waals surface area (Å²) in [5.74, 6) is 3.14. The zero-order valence-corrected chi connectivity index (χ0v) is 96.8. The molecule has 6 fully saturated rings. The first-order valence-corrected chi connectivity index (χ1v) is 54.5. The number of rotatable bonds is 37. The molecule has 3 heterocycles. The van der Waals surface area contributed by atoms with Gasteiger partial charge in [0.15, 0.2) is 17.1 Å². The number of fused-ring (bicyclic) bond motifs is 5. The molecule has 3 aliphatic heterocycles. The Morgan fingerprint density at radius 1 is 0.378 bits per heavy atom. The maximum atomic E-state index is 10.5. The van der Waals surface area contributed by atoms with Crippen molar-refractivity contribution in [2.75, 3.05) is 92.6 Å². The number of hydrogen-bond acceptors (Lipinski definition) is 5. The molecule has 143 heavy (non-hydrogen) atoms. The molecule has 0 aromatic heterocycles. The predicted octanol–water partition coefficient (Wildman–Crippen LogP) is 36.8. The molecule has 17 rings (SSSR count). The largest absolute Gasteiger partial charge is 2.00 e. The molecule has 9 aliphatic rings. The van der Waals surface area contributed by atoms with E-state index in [2.05, 4.69) is 336 Å². The van der Waals surface area contributed by atoms with Crippen LogP contribution < -0.4 is 19.6 Å². The summed E-state index contributed by atoms with van der Waals surface area (Å²) in [6, 6.07) is 61.9. The smallest absolute Gasteiger partial charge is 0.508 e. The average Bonchev–Trinajstić information content (AvgIpc) is 1.57.